The highest BCUT2D eigenvalue weighted by Crippen LogP contribution is 2.37. The Morgan fingerprint density at radius 2 is 2.22 bits per heavy atom. The third-order valence-electron chi connectivity index (χ3n) is 2.95. The first kappa shape index (κ1) is 12.7. The van der Waals surface area contributed by atoms with Gasteiger partial charge in [-0.3, -0.25) is 4.79 Å². The van der Waals surface area contributed by atoms with Crippen molar-refractivity contribution in [2.75, 3.05) is 11.4 Å². The second-order valence-electron chi connectivity index (χ2n) is 4.13. The van der Waals surface area contributed by atoms with Gasteiger partial charge in [0.2, 0.25) is 5.91 Å². The number of nitrogens with two attached hydrogens (primary N) is 1. The van der Waals surface area contributed by atoms with Gasteiger partial charge >= 0.3 is 6.18 Å². The fraction of sp³-hybridized carbons (Fsp3) is 0.455. The van der Waals surface area contributed by atoms with E-state index in [1.165, 1.54) is 17.2 Å². The van der Waals surface area contributed by atoms with Gasteiger partial charge in [0, 0.05) is 12.7 Å². The Labute approximate surface area is 102 Å². The summed E-state index contributed by atoms with van der Waals surface area (Å²) in [5.74, 6) is -0.836. The van der Waals surface area contributed by atoms with E-state index in [0.717, 1.165) is 6.07 Å². The zero-order valence-corrected chi connectivity index (χ0v) is 9.44. The number of primary amides is 1. The number of alkyl halides is 3. The van der Waals surface area contributed by atoms with E-state index in [4.69, 9.17) is 5.73 Å². The van der Waals surface area contributed by atoms with E-state index in [-0.39, 0.29) is 5.82 Å². The van der Waals surface area contributed by atoms with Crippen molar-refractivity contribution in [2.45, 2.75) is 25.1 Å². The maximum Gasteiger partial charge on any atom is 0.419 e. The van der Waals surface area contributed by atoms with Crippen molar-refractivity contribution in [1.29, 1.82) is 0 Å². The van der Waals surface area contributed by atoms with E-state index in [9.17, 15) is 18.0 Å². The van der Waals surface area contributed by atoms with E-state index in [2.05, 4.69) is 4.98 Å². The third kappa shape index (κ3) is 2.25. The molecule has 1 amide bonds. The number of rotatable bonds is 2. The number of carbonyl (C=O) groups excluding carboxylic acids is 1. The maximum absolute atomic E-state index is 12.8. The number of halogens is 3. The van der Waals surface area contributed by atoms with Gasteiger partial charge in [0.05, 0.1) is 5.56 Å². The van der Waals surface area contributed by atoms with Gasteiger partial charge < -0.3 is 10.6 Å². The standard InChI is InChI=1S/C11H12F3N3O/c12-11(13,14)7-3-1-5-16-10(7)17-6-2-4-8(17)9(15)18/h1,3,5,8H,2,4,6H2,(H2,15,18). The molecule has 1 unspecified atom stereocenters. The van der Waals surface area contributed by atoms with Gasteiger partial charge in [0.1, 0.15) is 11.9 Å². The molecular weight excluding hydrogens is 247 g/mol. The molecule has 18 heavy (non-hydrogen) atoms. The average Bonchev–Trinajstić information content (AvgIpc) is 2.76. The molecule has 1 aromatic heterocycles. The third-order valence-corrected chi connectivity index (χ3v) is 2.95. The summed E-state index contributed by atoms with van der Waals surface area (Å²) in [6.07, 6.45) is -2.12. The molecule has 1 saturated heterocycles. The molecule has 0 aliphatic carbocycles. The minimum absolute atomic E-state index is 0.216. The molecule has 2 heterocycles. The Kier molecular flexibility index (Phi) is 3.14. The predicted molar refractivity (Wildman–Crippen MR) is 58.8 cm³/mol. The van der Waals surface area contributed by atoms with Crippen molar-refractivity contribution in [2.24, 2.45) is 5.73 Å². The number of amides is 1. The van der Waals surface area contributed by atoms with Crippen LogP contribution in [0.5, 0.6) is 0 Å². The first-order valence-corrected chi connectivity index (χ1v) is 5.49. The highest BCUT2D eigenvalue weighted by atomic mass is 19.4. The smallest absolute Gasteiger partial charge is 0.368 e. The normalized spacial score (nSPS) is 20.2. The van der Waals surface area contributed by atoms with Crippen molar-refractivity contribution in [1.82, 2.24) is 4.98 Å². The zero-order valence-electron chi connectivity index (χ0n) is 9.44. The molecule has 0 spiro atoms. The molecule has 98 valence electrons. The first-order chi connectivity index (χ1) is 8.41. The lowest BCUT2D eigenvalue weighted by Gasteiger charge is -2.25. The summed E-state index contributed by atoms with van der Waals surface area (Å²) < 4.78 is 38.5. The van der Waals surface area contributed by atoms with E-state index in [1.54, 1.807) is 0 Å². The SMILES string of the molecule is NC(=O)C1CCCN1c1ncccc1C(F)(F)F. The number of hydrogen-bond donors (Lipinski definition) is 1. The predicted octanol–water partition coefficient (Wildman–Crippen LogP) is 1.55. The summed E-state index contributed by atoms with van der Waals surface area (Å²) in [5.41, 5.74) is 4.36. The number of aromatic nitrogens is 1. The maximum atomic E-state index is 12.8. The van der Waals surface area contributed by atoms with Crippen molar-refractivity contribution >= 4 is 11.7 Å². The summed E-state index contributed by atoms with van der Waals surface area (Å²) >= 11 is 0. The minimum atomic E-state index is -4.49. The van der Waals surface area contributed by atoms with Gasteiger partial charge in [-0.1, -0.05) is 0 Å². The topological polar surface area (TPSA) is 59.2 Å². The molecule has 0 bridgehead atoms. The van der Waals surface area contributed by atoms with Crippen LogP contribution in [0, 0.1) is 0 Å². The lowest BCUT2D eigenvalue weighted by molar-refractivity contribution is -0.137. The number of anilines is 1. The van der Waals surface area contributed by atoms with Crippen molar-refractivity contribution in [3.05, 3.63) is 23.9 Å². The highest BCUT2D eigenvalue weighted by molar-refractivity contribution is 5.84. The van der Waals surface area contributed by atoms with Crippen LogP contribution in [-0.4, -0.2) is 23.5 Å². The van der Waals surface area contributed by atoms with E-state index in [0.29, 0.717) is 19.4 Å². The zero-order chi connectivity index (χ0) is 13.3. The molecular formula is C11H12F3N3O. The molecule has 0 aromatic carbocycles. The highest BCUT2D eigenvalue weighted by Gasteiger charge is 2.39. The van der Waals surface area contributed by atoms with Crippen LogP contribution in [0.25, 0.3) is 0 Å². The van der Waals surface area contributed by atoms with Gasteiger partial charge in [-0.15, -0.1) is 0 Å². The van der Waals surface area contributed by atoms with Gasteiger partial charge in [-0.25, -0.2) is 4.98 Å². The monoisotopic (exact) mass is 259 g/mol. The van der Waals surface area contributed by atoms with Gasteiger partial charge in [-0.05, 0) is 25.0 Å². The van der Waals surface area contributed by atoms with Gasteiger partial charge in [0.25, 0.3) is 0 Å². The van der Waals surface area contributed by atoms with Crippen LogP contribution in [0.15, 0.2) is 18.3 Å². The van der Waals surface area contributed by atoms with E-state index < -0.39 is 23.7 Å². The number of carbonyl (C=O) groups is 1. The number of pyridine rings is 1. The summed E-state index contributed by atoms with van der Waals surface area (Å²) in [7, 11) is 0. The second-order valence-corrected chi connectivity index (χ2v) is 4.13. The van der Waals surface area contributed by atoms with Crippen LogP contribution < -0.4 is 10.6 Å². The molecule has 4 nitrogen and oxygen atoms in total. The second kappa shape index (κ2) is 4.47. The molecule has 1 aromatic rings. The summed E-state index contributed by atoms with van der Waals surface area (Å²) in [6, 6.07) is 1.47. The van der Waals surface area contributed by atoms with Crippen LogP contribution in [0.1, 0.15) is 18.4 Å². The average molecular weight is 259 g/mol. The Morgan fingerprint density at radius 3 is 2.83 bits per heavy atom. The van der Waals surface area contributed by atoms with Crippen LogP contribution >= 0.6 is 0 Å². The van der Waals surface area contributed by atoms with E-state index in [1.807, 2.05) is 0 Å². The molecule has 2 N–H and O–H groups in total. The molecule has 1 aliphatic rings. The molecule has 0 radical (unpaired) electrons. The van der Waals surface area contributed by atoms with Crippen molar-refractivity contribution in [3.8, 4) is 0 Å². The summed E-state index contributed by atoms with van der Waals surface area (Å²) in [4.78, 5) is 16.3. The van der Waals surface area contributed by atoms with Crippen molar-refractivity contribution < 1.29 is 18.0 Å². The molecule has 1 fully saturated rings. The Hall–Kier alpha value is -1.79. The lowest BCUT2D eigenvalue weighted by Crippen LogP contribution is -2.41. The van der Waals surface area contributed by atoms with Crippen molar-refractivity contribution in [3.63, 3.8) is 0 Å². The number of hydrogen-bond acceptors (Lipinski definition) is 3. The van der Waals surface area contributed by atoms with Crippen LogP contribution in [-0.2, 0) is 11.0 Å². The summed E-state index contributed by atoms with van der Waals surface area (Å²) in [6.45, 7) is 0.355. The Balaban J connectivity index is 2.42. The Morgan fingerprint density at radius 1 is 1.50 bits per heavy atom. The quantitative estimate of drug-likeness (QED) is 0.876. The lowest BCUT2D eigenvalue weighted by atomic mass is 10.2. The molecule has 1 atom stereocenters. The molecule has 1 aliphatic heterocycles. The largest absolute Gasteiger partial charge is 0.419 e. The van der Waals surface area contributed by atoms with E-state index >= 15 is 0 Å². The molecule has 7 heteroatoms. The Bertz CT molecular complexity index is 461. The van der Waals surface area contributed by atoms with Gasteiger partial charge in [0.15, 0.2) is 0 Å². The first-order valence-electron chi connectivity index (χ1n) is 5.49. The summed E-state index contributed by atoms with van der Waals surface area (Å²) in [5, 5.41) is 0. The van der Waals surface area contributed by atoms with Crippen LogP contribution in [0.4, 0.5) is 19.0 Å². The fourth-order valence-corrected chi connectivity index (χ4v) is 2.16. The van der Waals surface area contributed by atoms with Gasteiger partial charge in [-0.2, -0.15) is 13.2 Å². The van der Waals surface area contributed by atoms with Crippen LogP contribution in [0.3, 0.4) is 0 Å². The minimum Gasteiger partial charge on any atom is -0.368 e. The number of nitrogens with zero attached hydrogens (tertiary/aromatic N) is 2. The molecule has 2 rings (SSSR count). The molecule has 0 saturated carbocycles. The fourth-order valence-electron chi connectivity index (χ4n) is 2.16. The van der Waals surface area contributed by atoms with Crippen LogP contribution in [0.2, 0.25) is 0 Å².